The van der Waals surface area contributed by atoms with Crippen LogP contribution in [0.4, 0.5) is 5.82 Å². The molecule has 1 unspecified atom stereocenters. The van der Waals surface area contributed by atoms with Gasteiger partial charge >= 0.3 is 5.97 Å². The van der Waals surface area contributed by atoms with Crippen LogP contribution in [0.5, 0.6) is 0 Å². The molecule has 1 rings (SSSR count). The molecule has 1 amide bonds. The molecule has 0 fully saturated rings. The van der Waals surface area contributed by atoms with Crippen molar-refractivity contribution in [1.82, 2.24) is 9.78 Å². The lowest BCUT2D eigenvalue weighted by Gasteiger charge is -2.12. The van der Waals surface area contributed by atoms with Gasteiger partial charge in [0.1, 0.15) is 5.82 Å². The summed E-state index contributed by atoms with van der Waals surface area (Å²) < 4.78 is 1.70. The van der Waals surface area contributed by atoms with Crippen LogP contribution < -0.4 is 5.32 Å². The summed E-state index contributed by atoms with van der Waals surface area (Å²) in [4.78, 5) is 22.3. The Morgan fingerprint density at radius 2 is 2.17 bits per heavy atom. The third kappa shape index (κ3) is 4.06. The lowest BCUT2D eigenvalue weighted by atomic mass is 10.4. The van der Waals surface area contributed by atoms with E-state index in [0.717, 1.165) is 11.8 Å². The van der Waals surface area contributed by atoms with Crippen molar-refractivity contribution in [3.05, 3.63) is 12.3 Å². The first kappa shape index (κ1) is 14.6. The van der Waals surface area contributed by atoms with Crippen LogP contribution in [0.3, 0.4) is 0 Å². The fourth-order valence-corrected chi connectivity index (χ4v) is 1.89. The fraction of sp³-hybridized carbons (Fsp3) is 0.545. The number of nitrogens with zero attached hydrogens (tertiary/aromatic N) is 2. The highest BCUT2D eigenvalue weighted by Gasteiger charge is 2.15. The molecule has 6 nitrogen and oxygen atoms in total. The average Bonchev–Trinajstić information content (AvgIpc) is 2.73. The molecule has 0 aromatic carbocycles. The van der Waals surface area contributed by atoms with Crippen LogP contribution in [0.1, 0.15) is 26.8 Å². The minimum Gasteiger partial charge on any atom is -0.480 e. The van der Waals surface area contributed by atoms with Crippen LogP contribution in [-0.4, -0.2) is 37.8 Å². The molecule has 0 spiro atoms. The molecule has 1 atom stereocenters. The number of aromatic nitrogens is 2. The first-order valence-electron chi connectivity index (χ1n) is 5.59. The molecule has 2 N–H and O–H groups in total. The topological polar surface area (TPSA) is 84.2 Å². The average molecular weight is 271 g/mol. The molecule has 0 aliphatic rings. The van der Waals surface area contributed by atoms with Gasteiger partial charge in [-0.2, -0.15) is 5.10 Å². The molecule has 100 valence electrons. The maximum atomic E-state index is 11.6. The van der Waals surface area contributed by atoms with Crippen molar-refractivity contribution in [2.75, 3.05) is 11.1 Å². The number of carbonyl (C=O) groups is 2. The van der Waals surface area contributed by atoms with Gasteiger partial charge in [-0.15, -0.1) is 11.8 Å². The largest absolute Gasteiger partial charge is 0.480 e. The minimum atomic E-state index is -0.917. The van der Waals surface area contributed by atoms with Crippen molar-refractivity contribution in [1.29, 1.82) is 0 Å². The molecule has 0 aliphatic carbocycles. The predicted octanol–water partition coefficient (Wildman–Crippen LogP) is 1.61. The lowest BCUT2D eigenvalue weighted by Crippen LogP contribution is -2.21. The number of thioether (sulfide) groups is 1. The normalized spacial score (nSPS) is 12.4. The smallest absolute Gasteiger partial charge is 0.316 e. The van der Waals surface area contributed by atoms with E-state index in [1.54, 1.807) is 23.9 Å². The first-order valence-corrected chi connectivity index (χ1v) is 6.64. The van der Waals surface area contributed by atoms with Crippen LogP contribution in [-0.2, 0) is 9.59 Å². The molecule has 0 saturated heterocycles. The third-order valence-electron chi connectivity index (χ3n) is 2.24. The van der Waals surface area contributed by atoms with Gasteiger partial charge in [0.2, 0.25) is 5.91 Å². The maximum Gasteiger partial charge on any atom is 0.316 e. The van der Waals surface area contributed by atoms with E-state index < -0.39 is 11.2 Å². The molecule has 18 heavy (non-hydrogen) atoms. The molecule has 1 aromatic heterocycles. The Hall–Kier alpha value is -1.50. The number of rotatable bonds is 6. The summed E-state index contributed by atoms with van der Waals surface area (Å²) >= 11 is 1.09. The Morgan fingerprint density at radius 3 is 2.72 bits per heavy atom. The Bertz CT molecular complexity index is 431. The highest BCUT2D eigenvalue weighted by atomic mass is 32.2. The second-order valence-corrected chi connectivity index (χ2v) is 5.42. The summed E-state index contributed by atoms with van der Waals surface area (Å²) in [6, 6.07) is 1.87. The number of carboxylic acid groups (broad SMARTS) is 1. The summed E-state index contributed by atoms with van der Waals surface area (Å²) in [5.74, 6) is -0.411. The van der Waals surface area contributed by atoms with E-state index in [1.807, 2.05) is 13.8 Å². The van der Waals surface area contributed by atoms with Crippen LogP contribution in [0.15, 0.2) is 12.3 Å². The number of amides is 1. The monoisotopic (exact) mass is 271 g/mol. The van der Waals surface area contributed by atoms with Gasteiger partial charge in [0.15, 0.2) is 0 Å². The van der Waals surface area contributed by atoms with Crippen LogP contribution in [0.2, 0.25) is 0 Å². The van der Waals surface area contributed by atoms with E-state index in [4.69, 9.17) is 5.11 Å². The van der Waals surface area contributed by atoms with Crippen LogP contribution >= 0.6 is 11.8 Å². The summed E-state index contributed by atoms with van der Waals surface area (Å²) in [7, 11) is 0. The minimum absolute atomic E-state index is 0.108. The predicted molar refractivity (Wildman–Crippen MR) is 70.8 cm³/mol. The second kappa shape index (κ2) is 6.44. The molecular weight excluding hydrogens is 254 g/mol. The maximum absolute atomic E-state index is 11.6. The zero-order chi connectivity index (χ0) is 13.7. The van der Waals surface area contributed by atoms with Crippen molar-refractivity contribution in [2.45, 2.75) is 32.1 Å². The van der Waals surface area contributed by atoms with Gasteiger partial charge in [-0.25, -0.2) is 4.68 Å². The Kier molecular flexibility index (Phi) is 5.21. The van der Waals surface area contributed by atoms with Crippen molar-refractivity contribution in [2.24, 2.45) is 0 Å². The van der Waals surface area contributed by atoms with E-state index >= 15 is 0 Å². The Labute approximate surface area is 110 Å². The molecule has 1 aromatic rings. The van der Waals surface area contributed by atoms with Crippen molar-refractivity contribution >= 4 is 29.5 Å². The highest BCUT2D eigenvalue weighted by Crippen LogP contribution is 2.15. The highest BCUT2D eigenvalue weighted by molar-refractivity contribution is 8.01. The van der Waals surface area contributed by atoms with Gasteiger partial charge in [-0.05, 0) is 20.8 Å². The molecule has 0 saturated carbocycles. The number of carboxylic acids is 1. The van der Waals surface area contributed by atoms with Crippen molar-refractivity contribution in [3.63, 3.8) is 0 Å². The zero-order valence-electron chi connectivity index (χ0n) is 10.6. The SMILES string of the molecule is CC(SCC(=O)Nc1ccnn1C(C)C)C(=O)O. The fourth-order valence-electron chi connectivity index (χ4n) is 1.28. The molecule has 7 heteroatoms. The van der Waals surface area contributed by atoms with E-state index in [0.29, 0.717) is 5.82 Å². The zero-order valence-corrected chi connectivity index (χ0v) is 11.4. The van der Waals surface area contributed by atoms with E-state index in [9.17, 15) is 9.59 Å². The van der Waals surface area contributed by atoms with Gasteiger partial charge in [-0.1, -0.05) is 0 Å². The van der Waals surface area contributed by atoms with E-state index in [1.165, 1.54) is 0 Å². The van der Waals surface area contributed by atoms with Gasteiger partial charge in [0, 0.05) is 12.1 Å². The summed E-state index contributed by atoms with van der Waals surface area (Å²) in [5, 5.41) is 14.9. The molecule has 0 aliphatic heterocycles. The Balaban J connectivity index is 2.50. The lowest BCUT2D eigenvalue weighted by molar-refractivity contribution is -0.136. The van der Waals surface area contributed by atoms with Gasteiger partial charge < -0.3 is 10.4 Å². The number of hydrogen-bond acceptors (Lipinski definition) is 4. The summed E-state index contributed by atoms with van der Waals surface area (Å²) in [6.45, 7) is 5.48. The standard InChI is InChI=1S/C11H17N3O3S/c1-7(2)14-9(4-5-12-14)13-10(15)6-18-8(3)11(16)17/h4-5,7-8H,6H2,1-3H3,(H,13,15)(H,16,17). The van der Waals surface area contributed by atoms with E-state index in [2.05, 4.69) is 10.4 Å². The number of hydrogen-bond donors (Lipinski definition) is 2. The quantitative estimate of drug-likeness (QED) is 0.821. The van der Waals surface area contributed by atoms with Crippen molar-refractivity contribution in [3.8, 4) is 0 Å². The third-order valence-corrected chi connectivity index (χ3v) is 3.37. The number of nitrogens with one attached hydrogen (secondary N) is 1. The van der Waals surface area contributed by atoms with Crippen LogP contribution in [0.25, 0.3) is 0 Å². The Morgan fingerprint density at radius 1 is 1.50 bits per heavy atom. The molecule has 1 heterocycles. The summed E-state index contributed by atoms with van der Waals surface area (Å²) in [6.07, 6.45) is 1.61. The van der Waals surface area contributed by atoms with Gasteiger partial charge in [-0.3, -0.25) is 9.59 Å². The molecular formula is C11H17N3O3S. The first-order chi connectivity index (χ1) is 8.41. The number of aliphatic carboxylic acids is 1. The van der Waals surface area contributed by atoms with Crippen molar-refractivity contribution < 1.29 is 14.7 Å². The van der Waals surface area contributed by atoms with Crippen LogP contribution in [0, 0.1) is 0 Å². The second-order valence-electron chi connectivity index (χ2n) is 4.09. The number of carbonyl (C=O) groups excluding carboxylic acids is 1. The number of anilines is 1. The summed E-state index contributed by atoms with van der Waals surface area (Å²) in [5.41, 5.74) is 0. The van der Waals surface area contributed by atoms with Gasteiger partial charge in [0.25, 0.3) is 0 Å². The van der Waals surface area contributed by atoms with E-state index in [-0.39, 0.29) is 17.7 Å². The van der Waals surface area contributed by atoms with Gasteiger partial charge in [0.05, 0.1) is 17.2 Å². The molecule has 0 radical (unpaired) electrons. The molecule has 0 bridgehead atoms.